The molecule has 8 heteroatoms. The smallest absolute Gasteiger partial charge is 0.196 e. The lowest BCUT2D eigenvalue weighted by Gasteiger charge is -2.11. The van der Waals surface area contributed by atoms with Gasteiger partial charge in [-0.25, -0.2) is 0 Å². The number of phenols is 2. The van der Waals surface area contributed by atoms with E-state index in [2.05, 4.69) is 0 Å². The van der Waals surface area contributed by atoms with Crippen LogP contribution in [0.4, 0.5) is 0 Å². The van der Waals surface area contributed by atoms with Gasteiger partial charge < -0.3 is 28.8 Å². The highest BCUT2D eigenvalue weighted by Gasteiger charge is 2.18. The maximum absolute atomic E-state index is 12.3. The minimum absolute atomic E-state index is 0.116. The number of ketones is 1. The average Bonchev–Trinajstić information content (AvgIpc) is 2.95. The lowest BCUT2D eigenvalue weighted by atomic mass is 10.0. The molecule has 3 aromatic carbocycles. The molecule has 0 amide bonds. The number of hydrogen-bond donors (Lipinski definition) is 2. The zero-order valence-corrected chi connectivity index (χ0v) is 24.0. The average molecular weight is 559 g/mol. The van der Waals surface area contributed by atoms with Crippen LogP contribution in [0.5, 0.6) is 28.7 Å². The first-order valence-corrected chi connectivity index (χ1v) is 12.8. The molecule has 0 aliphatic carbocycles. The van der Waals surface area contributed by atoms with E-state index < -0.39 is 0 Å². The molecule has 0 aliphatic rings. The number of carbonyl (C=O) groups is 1. The summed E-state index contributed by atoms with van der Waals surface area (Å²) in [5, 5.41) is 20.2. The molecule has 0 atom stereocenters. The van der Waals surface area contributed by atoms with Crippen molar-refractivity contribution in [2.24, 2.45) is 0 Å². The number of fused-ring (bicyclic) bond motifs is 1. The van der Waals surface area contributed by atoms with Crippen molar-refractivity contribution >= 4 is 22.8 Å². The molecule has 0 fully saturated rings. The number of ether oxygens (including phenoxy) is 3. The number of phenolic OH excluding ortho intramolecular Hbond substituents is 2. The van der Waals surface area contributed by atoms with Crippen molar-refractivity contribution in [2.45, 2.75) is 27.2 Å². The summed E-state index contributed by atoms with van der Waals surface area (Å²) in [5.74, 6) is 1.09. The van der Waals surface area contributed by atoms with Gasteiger partial charge in [0.25, 0.3) is 0 Å². The Balaban J connectivity index is 0.000000226. The van der Waals surface area contributed by atoms with Gasteiger partial charge in [0.1, 0.15) is 51.0 Å². The number of allylic oxidation sites excluding steroid dienone is 3. The van der Waals surface area contributed by atoms with E-state index in [-0.39, 0.29) is 39.4 Å². The minimum Gasteiger partial charge on any atom is -0.507 e. The van der Waals surface area contributed by atoms with Crippen molar-refractivity contribution in [3.63, 3.8) is 0 Å². The Hall–Kier alpha value is -4.98. The summed E-state index contributed by atoms with van der Waals surface area (Å²) in [5.41, 5.74) is 3.08. The van der Waals surface area contributed by atoms with Crippen LogP contribution < -0.4 is 19.6 Å². The van der Waals surface area contributed by atoms with Gasteiger partial charge in [-0.15, -0.1) is 0 Å². The van der Waals surface area contributed by atoms with Crippen LogP contribution in [-0.4, -0.2) is 37.3 Å². The highest BCUT2D eigenvalue weighted by Crippen LogP contribution is 2.35. The molecule has 0 unspecified atom stereocenters. The highest BCUT2D eigenvalue weighted by atomic mass is 16.5. The van der Waals surface area contributed by atoms with Crippen LogP contribution in [-0.2, 0) is 6.42 Å². The van der Waals surface area contributed by atoms with E-state index in [0.717, 1.165) is 16.7 Å². The van der Waals surface area contributed by atoms with E-state index in [4.69, 9.17) is 18.6 Å². The summed E-state index contributed by atoms with van der Waals surface area (Å²) in [7, 11) is 4.44. The van der Waals surface area contributed by atoms with Crippen molar-refractivity contribution in [3.8, 4) is 28.7 Å². The van der Waals surface area contributed by atoms with Crippen LogP contribution in [0.3, 0.4) is 0 Å². The normalized spacial score (nSPS) is 10.6. The Morgan fingerprint density at radius 1 is 0.902 bits per heavy atom. The molecule has 0 saturated carbocycles. The van der Waals surface area contributed by atoms with Gasteiger partial charge in [0.15, 0.2) is 11.2 Å². The third kappa shape index (κ3) is 7.57. The molecular weight excluding hydrogens is 524 g/mol. The Kier molecular flexibility index (Phi) is 10.4. The first-order valence-electron chi connectivity index (χ1n) is 12.8. The molecular formula is C33H34O8. The maximum atomic E-state index is 12.3. The summed E-state index contributed by atoms with van der Waals surface area (Å²) in [6.45, 7) is 5.70. The van der Waals surface area contributed by atoms with Crippen LogP contribution in [0, 0.1) is 6.92 Å². The fourth-order valence-electron chi connectivity index (χ4n) is 4.06. The number of benzene rings is 3. The summed E-state index contributed by atoms with van der Waals surface area (Å²) in [6.07, 6.45) is 5.69. The zero-order valence-electron chi connectivity index (χ0n) is 24.0. The fourth-order valence-corrected chi connectivity index (χ4v) is 4.06. The second kappa shape index (κ2) is 13.9. The predicted molar refractivity (Wildman–Crippen MR) is 160 cm³/mol. The van der Waals surface area contributed by atoms with Crippen LogP contribution in [0.15, 0.2) is 81.5 Å². The van der Waals surface area contributed by atoms with Crippen molar-refractivity contribution in [1.82, 2.24) is 0 Å². The second-order valence-electron chi connectivity index (χ2n) is 9.32. The van der Waals surface area contributed by atoms with Gasteiger partial charge in [0.05, 0.1) is 21.3 Å². The molecule has 0 radical (unpaired) electrons. The topological polar surface area (TPSA) is 115 Å². The van der Waals surface area contributed by atoms with Gasteiger partial charge in [0, 0.05) is 29.8 Å². The number of aromatic hydroxyl groups is 2. The molecule has 0 spiro atoms. The standard InChI is InChI=1S/C17H16O4.C16H18O4/c1-20-13-10-15(19)17(16(11-13)21-2)14(18)9-8-12-6-4-3-5-7-12;1-9(2)5-6-11-14(19-4)8-13(18)15-12(17)7-10(3)20-16(11)15/h3-11,19H,1-2H3;5,7-8,18H,6H2,1-4H3. The molecule has 1 aromatic heterocycles. The van der Waals surface area contributed by atoms with E-state index in [1.165, 1.54) is 45.6 Å². The van der Waals surface area contributed by atoms with E-state index in [0.29, 0.717) is 29.3 Å². The minimum atomic E-state index is -0.337. The molecule has 4 rings (SSSR count). The second-order valence-corrected chi connectivity index (χ2v) is 9.32. The third-order valence-electron chi connectivity index (χ3n) is 6.08. The molecule has 0 saturated heterocycles. The molecule has 4 aromatic rings. The summed E-state index contributed by atoms with van der Waals surface area (Å²) >= 11 is 0. The number of aryl methyl sites for hydroxylation is 1. The third-order valence-corrected chi connectivity index (χ3v) is 6.08. The lowest BCUT2D eigenvalue weighted by Crippen LogP contribution is -2.04. The van der Waals surface area contributed by atoms with Crippen LogP contribution in [0.2, 0.25) is 0 Å². The van der Waals surface area contributed by atoms with Gasteiger partial charge in [-0.3, -0.25) is 9.59 Å². The molecule has 2 N–H and O–H groups in total. The quantitative estimate of drug-likeness (QED) is 0.141. The molecule has 214 valence electrons. The number of rotatable bonds is 8. The predicted octanol–water partition coefficient (Wildman–Crippen LogP) is 6.63. The van der Waals surface area contributed by atoms with E-state index in [1.54, 1.807) is 19.1 Å². The number of methoxy groups -OCH3 is 3. The number of hydrogen-bond acceptors (Lipinski definition) is 8. The first kappa shape index (κ1) is 30.6. The molecule has 8 nitrogen and oxygen atoms in total. The lowest BCUT2D eigenvalue weighted by molar-refractivity contribution is 0.104. The van der Waals surface area contributed by atoms with Gasteiger partial charge in [0.2, 0.25) is 0 Å². The number of carbonyl (C=O) groups excluding carboxylic acids is 1. The first-order chi connectivity index (χ1) is 19.6. The molecule has 0 aliphatic heterocycles. The maximum Gasteiger partial charge on any atom is 0.196 e. The SMILES string of the molecule is COc1cc(O)c(C(=O)C=Cc2ccccc2)c(OC)c1.COc1cc(O)c2c(=O)cc(C)oc2c1CC=C(C)C. The summed E-state index contributed by atoms with van der Waals surface area (Å²) in [4.78, 5) is 24.3. The van der Waals surface area contributed by atoms with Crippen molar-refractivity contribution in [3.05, 3.63) is 105 Å². The van der Waals surface area contributed by atoms with Gasteiger partial charge >= 0.3 is 0 Å². The van der Waals surface area contributed by atoms with E-state index >= 15 is 0 Å². The Bertz CT molecular complexity index is 1640. The van der Waals surface area contributed by atoms with Crippen LogP contribution in [0.1, 0.15) is 41.1 Å². The van der Waals surface area contributed by atoms with E-state index in [9.17, 15) is 19.8 Å². The van der Waals surface area contributed by atoms with Crippen LogP contribution in [0.25, 0.3) is 17.0 Å². The Morgan fingerprint density at radius 3 is 2.20 bits per heavy atom. The fraction of sp³-hybridized carbons (Fsp3) is 0.212. The molecule has 0 bridgehead atoms. The molecule has 41 heavy (non-hydrogen) atoms. The zero-order chi connectivity index (χ0) is 30.1. The molecule has 1 heterocycles. The largest absolute Gasteiger partial charge is 0.507 e. The van der Waals surface area contributed by atoms with Crippen molar-refractivity contribution < 1.29 is 33.6 Å². The summed E-state index contributed by atoms with van der Waals surface area (Å²) < 4.78 is 21.1. The van der Waals surface area contributed by atoms with Crippen LogP contribution >= 0.6 is 0 Å². The Morgan fingerprint density at radius 2 is 1.59 bits per heavy atom. The summed E-state index contributed by atoms with van der Waals surface area (Å²) in [6, 6.07) is 15.2. The van der Waals surface area contributed by atoms with Crippen molar-refractivity contribution in [1.29, 1.82) is 0 Å². The van der Waals surface area contributed by atoms with Gasteiger partial charge in [-0.05, 0) is 38.8 Å². The highest BCUT2D eigenvalue weighted by molar-refractivity contribution is 6.10. The Labute approximate surface area is 238 Å². The van der Waals surface area contributed by atoms with Crippen molar-refractivity contribution in [2.75, 3.05) is 21.3 Å². The van der Waals surface area contributed by atoms with Gasteiger partial charge in [-0.2, -0.15) is 0 Å². The monoisotopic (exact) mass is 558 g/mol. The van der Waals surface area contributed by atoms with Gasteiger partial charge in [-0.1, -0.05) is 48.1 Å². The van der Waals surface area contributed by atoms with E-state index in [1.807, 2.05) is 50.3 Å².